The van der Waals surface area contributed by atoms with E-state index >= 15 is 0 Å². The Kier molecular flexibility index (Phi) is 14.3. The molecule has 0 heterocycles. The van der Waals surface area contributed by atoms with E-state index in [0.29, 0.717) is 17.0 Å². The van der Waals surface area contributed by atoms with Gasteiger partial charge in [0.2, 0.25) is 0 Å². The minimum Gasteiger partial charge on any atom is -0.322 e. The Morgan fingerprint density at radius 2 is 0.881 bits per heavy atom. The molecule has 67 heavy (non-hydrogen) atoms. The molecule has 0 bridgehead atoms. The lowest BCUT2D eigenvalue weighted by atomic mass is 10.0. The summed E-state index contributed by atoms with van der Waals surface area (Å²) in [6, 6.07) is 69.2. The summed E-state index contributed by atoms with van der Waals surface area (Å²) in [6.07, 6.45) is 0.874. The fraction of sp³-hybridized carbons (Fsp3) is 0.136. The van der Waals surface area contributed by atoms with Crippen LogP contribution in [-0.2, 0) is 9.59 Å². The van der Waals surface area contributed by atoms with E-state index in [2.05, 4.69) is 169 Å². The lowest BCUT2D eigenvalue weighted by Crippen LogP contribution is -2.44. The highest BCUT2D eigenvalue weighted by Gasteiger charge is 2.55. The van der Waals surface area contributed by atoms with Crippen LogP contribution in [-0.4, -0.2) is 23.6 Å². The Balaban J connectivity index is 1.21. The first-order chi connectivity index (χ1) is 32.5. The first-order valence-electron chi connectivity index (χ1n) is 22.6. The summed E-state index contributed by atoms with van der Waals surface area (Å²) in [7, 11) is -5.21. The molecule has 1 atom stereocenters. The number of amides is 2. The number of halogens is 1. The van der Waals surface area contributed by atoms with E-state index in [1.165, 1.54) is 0 Å². The van der Waals surface area contributed by atoms with Gasteiger partial charge in [-0.05, 0) is 165 Å². The van der Waals surface area contributed by atoms with Crippen LogP contribution in [0.15, 0.2) is 194 Å². The van der Waals surface area contributed by atoms with Crippen LogP contribution in [0.2, 0.25) is 5.02 Å². The number of nitrogens with one attached hydrogen (secondary N) is 2. The molecule has 0 spiro atoms. The van der Waals surface area contributed by atoms with Gasteiger partial charge in [0.05, 0.1) is 11.6 Å². The molecule has 0 aliphatic heterocycles. The van der Waals surface area contributed by atoms with Crippen molar-refractivity contribution in [2.45, 2.75) is 46.7 Å². The number of hydrogen-bond acceptors (Lipinski definition) is 3. The van der Waals surface area contributed by atoms with E-state index in [4.69, 9.17) is 11.6 Å². The quantitative estimate of drug-likeness (QED) is 0.107. The SMILES string of the molecule is CCC(C(=O)Nc1c(C)cc(Cl)cc1C)[P+](c1ccccc1)(c1ccccc1)c1ccc(-c2ccc([P+](CC(=O)Nc3c(C)cc(C#N)cc3C)(c3ccccc3)c3ccccc3)cc2)cc1. The van der Waals surface area contributed by atoms with Crippen LogP contribution in [0, 0.1) is 39.0 Å². The second kappa shape index (κ2) is 20.5. The third-order valence-corrected chi connectivity index (χ3v) is 22.2. The average Bonchev–Trinajstić information content (AvgIpc) is 3.35. The Morgan fingerprint density at radius 3 is 1.30 bits per heavy atom. The molecule has 0 aliphatic rings. The topological polar surface area (TPSA) is 82.0 Å². The molecule has 0 saturated heterocycles. The molecule has 8 aromatic rings. The first-order valence-corrected chi connectivity index (χ1v) is 26.8. The number of aryl methyl sites for hydroxylation is 4. The molecule has 0 aromatic heterocycles. The lowest BCUT2D eigenvalue weighted by Gasteiger charge is -2.34. The van der Waals surface area contributed by atoms with Crippen LogP contribution in [0.3, 0.4) is 0 Å². The molecule has 0 fully saturated rings. The van der Waals surface area contributed by atoms with Gasteiger partial charge >= 0.3 is 0 Å². The second-order valence-corrected chi connectivity index (χ2v) is 24.6. The third kappa shape index (κ3) is 9.36. The maximum Gasteiger partial charge on any atom is 0.266 e. The molecule has 332 valence electrons. The maximum absolute atomic E-state index is 15.0. The van der Waals surface area contributed by atoms with Gasteiger partial charge in [0.1, 0.15) is 46.4 Å². The van der Waals surface area contributed by atoms with Crippen LogP contribution >= 0.6 is 26.1 Å². The highest BCUT2D eigenvalue weighted by atomic mass is 35.5. The van der Waals surface area contributed by atoms with Crippen molar-refractivity contribution < 1.29 is 9.59 Å². The van der Waals surface area contributed by atoms with E-state index in [-0.39, 0.29) is 23.6 Å². The summed E-state index contributed by atoms with van der Waals surface area (Å²) >= 11 is 6.43. The van der Waals surface area contributed by atoms with Crippen molar-refractivity contribution in [1.29, 1.82) is 5.26 Å². The van der Waals surface area contributed by atoms with Crippen molar-refractivity contribution in [2.24, 2.45) is 0 Å². The smallest absolute Gasteiger partial charge is 0.266 e. The zero-order chi connectivity index (χ0) is 47.1. The van der Waals surface area contributed by atoms with Gasteiger partial charge in [-0.3, -0.25) is 9.59 Å². The van der Waals surface area contributed by atoms with Gasteiger partial charge in [-0.25, -0.2) is 0 Å². The monoisotopic (exact) mass is 933 g/mol. The Morgan fingerprint density at radius 1 is 0.522 bits per heavy atom. The number of nitriles is 1. The molecular weight excluding hydrogens is 880 g/mol. The van der Waals surface area contributed by atoms with Gasteiger partial charge in [-0.1, -0.05) is 116 Å². The van der Waals surface area contributed by atoms with Gasteiger partial charge < -0.3 is 10.6 Å². The number of carbonyl (C=O) groups is 2. The number of nitrogens with zero attached hydrogens (tertiary/aromatic N) is 1. The van der Waals surface area contributed by atoms with E-state index in [1.807, 2.05) is 76.2 Å². The number of benzene rings is 8. The Labute approximate surface area is 401 Å². The van der Waals surface area contributed by atoms with Crippen LogP contribution in [0.1, 0.15) is 41.2 Å². The number of rotatable bonds is 14. The summed E-state index contributed by atoms with van der Waals surface area (Å²) in [6.45, 7) is 9.95. The van der Waals surface area contributed by atoms with Crippen molar-refractivity contribution in [2.75, 3.05) is 16.8 Å². The molecule has 0 radical (unpaired) electrons. The zero-order valence-electron chi connectivity index (χ0n) is 38.5. The molecule has 8 rings (SSSR count). The Hall–Kier alpha value is -6.66. The largest absolute Gasteiger partial charge is 0.322 e. The number of anilines is 2. The number of carbonyl (C=O) groups excluding carboxylic acids is 2. The van der Waals surface area contributed by atoms with Gasteiger partial charge in [0.25, 0.3) is 11.8 Å². The second-order valence-electron chi connectivity index (χ2n) is 17.1. The summed E-state index contributed by atoms with van der Waals surface area (Å²) in [5.74, 6) is -0.103. The van der Waals surface area contributed by atoms with E-state index in [1.54, 1.807) is 0 Å². The van der Waals surface area contributed by atoms with E-state index in [0.717, 1.165) is 76.6 Å². The predicted octanol–water partition coefficient (Wildman–Crippen LogP) is 11.8. The predicted molar refractivity (Wildman–Crippen MR) is 287 cm³/mol. The van der Waals surface area contributed by atoms with Gasteiger partial charge in [-0.2, -0.15) is 5.26 Å². The molecular formula is C59H54ClN3O2P2+2. The summed E-state index contributed by atoms with van der Waals surface area (Å²) in [5, 5.41) is 23.6. The standard InChI is InChI=1S/C59H52ClN3O2P2/c1-6-55(59(65)63-58-43(4)37-48(60)38-44(58)5)67(52-23-15-9-16-24-52,53-25-17-10-18-26-53)54-33-29-47(30-34-54)46-27-31-51(32-28-46)66(49-19-11-7-12-20-49,50-21-13-8-14-22-50)40-56(64)62-57-41(2)35-45(39-61)36-42(57)3/h7-38,55H,6,40H2,1-5H3/p+2. The van der Waals surface area contributed by atoms with Crippen molar-refractivity contribution in [3.8, 4) is 17.2 Å². The summed E-state index contributed by atoms with van der Waals surface area (Å²) in [5.41, 5.74) is 7.38. The maximum atomic E-state index is 15.0. The van der Waals surface area contributed by atoms with E-state index < -0.39 is 14.5 Å². The fourth-order valence-electron chi connectivity index (χ4n) is 9.77. The highest BCUT2D eigenvalue weighted by molar-refractivity contribution is 7.97. The van der Waals surface area contributed by atoms with Crippen molar-refractivity contribution >= 4 is 81.1 Å². The molecule has 0 saturated carbocycles. The zero-order valence-corrected chi connectivity index (χ0v) is 41.0. The number of hydrogen-bond donors (Lipinski definition) is 2. The normalized spacial score (nSPS) is 11.9. The van der Waals surface area contributed by atoms with Gasteiger partial charge in [0.15, 0.2) is 11.8 Å². The summed E-state index contributed by atoms with van der Waals surface area (Å²) in [4.78, 5) is 29.5. The van der Waals surface area contributed by atoms with E-state index in [9.17, 15) is 14.9 Å². The van der Waals surface area contributed by atoms with Crippen LogP contribution in [0.25, 0.3) is 11.1 Å². The highest BCUT2D eigenvalue weighted by Crippen LogP contribution is 2.61. The molecule has 1 unspecified atom stereocenters. The van der Waals surface area contributed by atoms with Crippen LogP contribution < -0.4 is 42.5 Å². The summed E-state index contributed by atoms with van der Waals surface area (Å²) < 4.78 is 0. The van der Waals surface area contributed by atoms with Crippen molar-refractivity contribution in [3.63, 3.8) is 0 Å². The molecule has 0 aliphatic carbocycles. The van der Waals surface area contributed by atoms with Crippen LogP contribution in [0.4, 0.5) is 11.4 Å². The molecule has 5 nitrogen and oxygen atoms in total. The van der Waals surface area contributed by atoms with Crippen molar-refractivity contribution in [3.05, 3.63) is 227 Å². The molecule has 2 amide bonds. The lowest BCUT2D eigenvalue weighted by molar-refractivity contribution is -0.116. The molecule has 2 N–H and O–H groups in total. The minimum absolute atomic E-state index is 0.0174. The van der Waals surface area contributed by atoms with Crippen molar-refractivity contribution in [1.82, 2.24) is 0 Å². The van der Waals surface area contributed by atoms with Gasteiger partial charge in [-0.15, -0.1) is 0 Å². The van der Waals surface area contributed by atoms with Gasteiger partial charge in [0, 0.05) is 16.4 Å². The fourth-order valence-corrected chi connectivity index (χ4v) is 18.9. The Bertz CT molecular complexity index is 2940. The third-order valence-electron chi connectivity index (χ3n) is 12.8. The molecule has 8 heteroatoms. The first kappa shape index (κ1) is 46.9. The molecule has 8 aromatic carbocycles. The van der Waals surface area contributed by atoms with Crippen LogP contribution in [0.5, 0.6) is 0 Å². The average molecular weight is 935 g/mol. The minimum atomic E-state index is -2.64.